The van der Waals surface area contributed by atoms with Crippen LogP contribution in [0.2, 0.25) is 5.02 Å². The molecule has 0 unspecified atom stereocenters. The van der Waals surface area contributed by atoms with Crippen molar-refractivity contribution in [2.75, 3.05) is 7.11 Å². The highest BCUT2D eigenvalue weighted by Gasteiger charge is 2.29. The molecule has 0 spiro atoms. The molecule has 1 heterocycles. The quantitative estimate of drug-likeness (QED) is 0.414. The number of carboxylic acid groups (broad SMARTS) is 1. The molecular weight excluding hydrogens is 470 g/mol. The smallest absolute Gasteiger partial charge is 0.338 e. The molecule has 1 saturated carbocycles. The zero-order valence-corrected chi connectivity index (χ0v) is 19.2. The maximum Gasteiger partial charge on any atom is 0.338 e. The Morgan fingerprint density at radius 3 is 2.65 bits per heavy atom. The summed E-state index contributed by atoms with van der Waals surface area (Å²) in [6.07, 6.45) is 0.737. The first kappa shape index (κ1) is 24.4. The van der Waals surface area contributed by atoms with Crippen molar-refractivity contribution in [2.24, 2.45) is 0 Å². The Kier molecular flexibility index (Phi) is 7.35. The Hall–Kier alpha value is -2.75. The molecule has 10 heteroatoms. The number of aliphatic hydroxyl groups is 1. The Morgan fingerprint density at radius 2 is 2.00 bits per heavy atom. The first-order chi connectivity index (χ1) is 16.3. The van der Waals surface area contributed by atoms with Crippen molar-refractivity contribution in [1.29, 1.82) is 0 Å². The van der Waals surface area contributed by atoms with Gasteiger partial charge >= 0.3 is 5.97 Å². The summed E-state index contributed by atoms with van der Waals surface area (Å²) in [5.74, 6) is -1.17. The van der Waals surface area contributed by atoms with Gasteiger partial charge in [-0.2, -0.15) is 5.10 Å². The standard InChI is InChI=1S/C24H25ClF2N2O5/c1-33-19-9-13(6-7-17(19)23(26)27)22(30)20(34-16-4-2-3-5-16)12-29-11-14-8-15(25)10-18(24(31)32)21(14)28-29/h6-11,16,20,22-23,30H,2-5,12H2,1H3,(H,31,32)/t20-,22+/m0/s1. The molecular formula is C24H25ClF2N2O5. The Morgan fingerprint density at radius 1 is 1.26 bits per heavy atom. The first-order valence-electron chi connectivity index (χ1n) is 11.0. The van der Waals surface area contributed by atoms with Gasteiger partial charge in [0.25, 0.3) is 6.43 Å². The van der Waals surface area contributed by atoms with Crippen LogP contribution in [-0.4, -0.2) is 45.3 Å². The predicted molar refractivity (Wildman–Crippen MR) is 122 cm³/mol. The summed E-state index contributed by atoms with van der Waals surface area (Å²) in [5, 5.41) is 25.9. The molecule has 7 nitrogen and oxygen atoms in total. The van der Waals surface area contributed by atoms with Crippen molar-refractivity contribution >= 4 is 28.5 Å². The van der Waals surface area contributed by atoms with Crippen LogP contribution in [0.5, 0.6) is 5.75 Å². The van der Waals surface area contributed by atoms with E-state index >= 15 is 0 Å². The second-order valence-electron chi connectivity index (χ2n) is 8.38. The van der Waals surface area contributed by atoms with Crippen LogP contribution in [0.15, 0.2) is 36.5 Å². The fourth-order valence-corrected chi connectivity index (χ4v) is 4.61. The summed E-state index contributed by atoms with van der Waals surface area (Å²) in [7, 11) is 1.30. The maximum atomic E-state index is 13.3. The Labute approximate surface area is 199 Å². The van der Waals surface area contributed by atoms with Crippen LogP contribution in [0.4, 0.5) is 8.78 Å². The van der Waals surface area contributed by atoms with Crippen LogP contribution in [0.3, 0.4) is 0 Å². The topological polar surface area (TPSA) is 93.8 Å². The van der Waals surface area contributed by atoms with E-state index in [4.69, 9.17) is 21.1 Å². The lowest BCUT2D eigenvalue weighted by molar-refractivity contribution is -0.0844. The summed E-state index contributed by atoms with van der Waals surface area (Å²) in [6.45, 7) is 0.113. The van der Waals surface area contributed by atoms with Crippen LogP contribution < -0.4 is 4.74 Å². The lowest BCUT2D eigenvalue weighted by Gasteiger charge is -2.27. The molecule has 1 fully saturated rings. The van der Waals surface area contributed by atoms with Crippen LogP contribution in [0, 0.1) is 0 Å². The fourth-order valence-electron chi connectivity index (χ4n) is 4.38. The molecule has 4 rings (SSSR count). The number of benzene rings is 2. The van der Waals surface area contributed by atoms with Crippen molar-refractivity contribution in [3.8, 4) is 5.75 Å². The van der Waals surface area contributed by atoms with Gasteiger partial charge in [-0.25, -0.2) is 13.6 Å². The number of methoxy groups -OCH3 is 1. The van der Waals surface area contributed by atoms with E-state index in [0.29, 0.717) is 10.9 Å². The lowest BCUT2D eigenvalue weighted by atomic mass is 10.0. The van der Waals surface area contributed by atoms with Crippen molar-refractivity contribution in [3.05, 3.63) is 58.2 Å². The molecule has 2 N–H and O–H groups in total. The van der Waals surface area contributed by atoms with Gasteiger partial charge < -0.3 is 19.7 Å². The first-order valence-corrected chi connectivity index (χ1v) is 11.3. The Bertz CT molecular complexity index is 1180. The molecule has 0 aliphatic heterocycles. The Balaban J connectivity index is 1.66. The number of aliphatic hydroxyl groups excluding tert-OH is 1. The van der Waals surface area contributed by atoms with Crippen LogP contribution >= 0.6 is 11.6 Å². The van der Waals surface area contributed by atoms with Gasteiger partial charge in [-0.05, 0) is 42.7 Å². The molecule has 0 bridgehead atoms. The summed E-state index contributed by atoms with van der Waals surface area (Å²) >= 11 is 6.06. The van der Waals surface area contributed by atoms with Crippen LogP contribution in [-0.2, 0) is 11.3 Å². The number of hydrogen-bond acceptors (Lipinski definition) is 5. The number of ether oxygens (including phenoxy) is 2. The van der Waals surface area contributed by atoms with E-state index in [1.807, 2.05) is 0 Å². The van der Waals surface area contributed by atoms with Gasteiger partial charge in [-0.1, -0.05) is 30.5 Å². The van der Waals surface area contributed by atoms with Gasteiger partial charge in [0.2, 0.25) is 0 Å². The highest BCUT2D eigenvalue weighted by molar-refractivity contribution is 6.32. The zero-order chi connectivity index (χ0) is 24.4. The summed E-state index contributed by atoms with van der Waals surface area (Å²) in [6, 6.07) is 7.00. The molecule has 2 atom stereocenters. The number of aromatic nitrogens is 2. The van der Waals surface area contributed by atoms with E-state index in [2.05, 4.69) is 5.10 Å². The molecule has 0 radical (unpaired) electrons. The number of alkyl halides is 2. The van der Waals surface area contributed by atoms with Crippen molar-refractivity contribution in [3.63, 3.8) is 0 Å². The predicted octanol–water partition coefficient (Wildman–Crippen LogP) is 5.40. The number of halogens is 3. The maximum absolute atomic E-state index is 13.3. The van der Waals surface area contributed by atoms with Crippen LogP contribution in [0.1, 0.15) is 59.7 Å². The fraction of sp³-hybridized carbons (Fsp3) is 0.417. The van der Waals surface area contributed by atoms with Crippen molar-refractivity contribution < 1.29 is 33.3 Å². The molecule has 0 saturated heterocycles. The number of nitrogens with zero attached hydrogens (tertiary/aromatic N) is 2. The minimum absolute atomic E-state index is 0.0169. The van der Waals surface area contributed by atoms with E-state index in [1.165, 1.54) is 36.1 Å². The minimum Gasteiger partial charge on any atom is -0.496 e. The number of hydrogen-bond donors (Lipinski definition) is 2. The monoisotopic (exact) mass is 494 g/mol. The van der Waals surface area contributed by atoms with E-state index in [1.54, 1.807) is 12.3 Å². The number of carbonyl (C=O) groups is 1. The third kappa shape index (κ3) is 5.16. The third-order valence-electron chi connectivity index (χ3n) is 6.07. The highest BCUT2D eigenvalue weighted by atomic mass is 35.5. The third-order valence-corrected chi connectivity index (χ3v) is 6.29. The van der Waals surface area contributed by atoms with Gasteiger partial charge in [-0.3, -0.25) is 4.68 Å². The molecule has 34 heavy (non-hydrogen) atoms. The molecule has 2 aromatic carbocycles. The second kappa shape index (κ2) is 10.2. The van der Waals surface area contributed by atoms with E-state index in [9.17, 15) is 23.8 Å². The van der Waals surface area contributed by atoms with E-state index in [0.717, 1.165) is 25.7 Å². The largest absolute Gasteiger partial charge is 0.496 e. The van der Waals surface area contributed by atoms with Crippen molar-refractivity contribution in [2.45, 2.75) is 57.0 Å². The molecule has 182 valence electrons. The van der Waals surface area contributed by atoms with Gasteiger partial charge in [0.1, 0.15) is 23.5 Å². The van der Waals surface area contributed by atoms with E-state index in [-0.39, 0.29) is 40.1 Å². The number of carboxylic acids is 1. The summed E-state index contributed by atoms with van der Waals surface area (Å²) in [5.41, 5.74) is 0.356. The zero-order valence-electron chi connectivity index (χ0n) is 18.5. The molecule has 0 amide bonds. The minimum atomic E-state index is -2.71. The number of rotatable bonds is 9. The molecule has 3 aromatic rings. The van der Waals surface area contributed by atoms with Gasteiger partial charge in [0.15, 0.2) is 0 Å². The van der Waals surface area contributed by atoms with E-state index < -0.39 is 24.6 Å². The van der Waals surface area contributed by atoms with Crippen molar-refractivity contribution in [1.82, 2.24) is 9.78 Å². The lowest BCUT2D eigenvalue weighted by Crippen LogP contribution is -2.31. The summed E-state index contributed by atoms with van der Waals surface area (Å²) in [4.78, 5) is 11.6. The summed E-state index contributed by atoms with van der Waals surface area (Å²) < 4.78 is 39.4. The van der Waals surface area contributed by atoms with Gasteiger partial charge in [0.05, 0.1) is 30.9 Å². The van der Waals surface area contributed by atoms with Gasteiger partial charge in [0, 0.05) is 16.6 Å². The number of fused-ring (bicyclic) bond motifs is 1. The molecule has 1 aliphatic carbocycles. The average Bonchev–Trinajstić information content (AvgIpc) is 3.46. The molecule has 1 aliphatic rings. The average molecular weight is 495 g/mol. The van der Waals surface area contributed by atoms with Crippen LogP contribution in [0.25, 0.3) is 10.9 Å². The normalized spacial score (nSPS) is 16.3. The highest BCUT2D eigenvalue weighted by Crippen LogP contribution is 2.34. The number of aromatic carboxylic acids is 1. The second-order valence-corrected chi connectivity index (χ2v) is 8.81. The SMILES string of the molecule is COc1cc([C@@H](O)[C@H](Cn2cc3cc(Cl)cc(C(=O)O)c3n2)OC2CCCC2)ccc1C(F)F. The molecule has 1 aromatic heterocycles. The van der Waals surface area contributed by atoms with Gasteiger partial charge in [-0.15, -0.1) is 0 Å².